The van der Waals surface area contributed by atoms with Gasteiger partial charge in [0.1, 0.15) is 23.2 Å². The van der Waals surface area contributed by atoms with Gasteiger partial charge >= 0.3 is 0 Å². The minimum atomic E-state index is 0.00720. The third-order valence-corrected chi connectivity index (χ3v) is 3.76. The van der Waals surface area contributed by atoms with Crippen molar-refractivity contribution in [2.24, 2.45) is 5.73 Å². The Bertz CT molecular complexity index is 620. The Balaban J connectivity index is 2.03. The fraction of sp³-hybridized carbons (Fsp3) is 0.500. The lowest BCUT2D eigenvalue weighted by molar-refractivity contribution is 0.106. The number of nitrogens with zero attached hydrogens (tertiary/aromatic N) is 3. The molecular weight excluding hydrogens is 280 g/mol. The maximum atomic E-state index is 5.84. The van der Waals surface area contributed by atoms with Gasteiger partial charge in [0.2, 0.25) is 0 Å². The molecule has 0 bridgehead atoms. The van der Waals surface area contributed by atoms with Gasteiger partial charge in [0, 0.05) is 13.2 Å². The summed E-state index contributed by atoms with van der Waals surface area (Å²) in [5, 5.41) is 8.53. The minimum Gasteiger partial charge on any atom is -0.491 e. The van der Waals surface area contributed by atoms with E-state index in [0.717, 1.165) is 48.7 Å². The topological polar surface area (TPSA) is 75.2 Å². The molecule has 1 aromatic carbocycles. The van der Waals surface area contributed by atoms with Gasteiger partial charge in [-0.15, -0.1) is 5.10 Å². The standard InChI is InChI=1S/C16H22N4O2/c1-2-9-21-14-7-4-3-6-13(14)20-16(12(11-17)18-19-20)15-8-5-10-22-15/h3-4,6-7,15H,2,5,8-11,17H2,1H3. The van der Waals surface area contributed by atoms with Crippen LogP contribution in [0.1, 0.15) is 43.7 Å². The van der Waals surface area contributed by atoms with Crippen LogP contribution in [0.2, 0.25) is 0 Å². The number of para-hydroxylation sites is 2. The molecular formula is C16H22N4O2. The summed E-state index contributed by atoms with van der Waals surface area (Å²) in [6.07, 6.45) is 2.98. The molecule has 0 saturated carbocycles. The van der Waals surface area contributed by atoms with Gasteiger partial charge in [-0.2, -0.15) is 0 Å². The fourth-order valence-electron chi connectivity index (χ4n) is 2.73. The van der Waals surface area contributed by atoms with Gasteiger partial charge in [-0.3, -0.25) is 0 Å². The molecule has 1 unspecified atom stereocenters. The molecule has 0 amide bonds. The summed E-state index contributed by atoms with van der Waals surface area (Å²) < 4.78 is 13.5. The lowest BCUT2D eigenvalue weighted by atomic mass is 10.1. The quantitative estimate of drug-likeness (QED) is 0.886. The van der Waals surface area contributed by atoms with Crippen molar-refractivity contribution in [2.75, 3.05) is 13.2 Å². The van der Waals surface area contributed by atoms with Crippen LogP contribution in [-0.4, -0.2) is 28.2 Å². The number of rotatable bonds is 6. The summed E-state index contributed by atoms with van der Waals surface area (Å²) in [6, 6.07) is 7.87. The van der Waals surface area contributed by atoms with Gasteiger partial charge in [0.05, 0.1) is 12.3 Å². The van der Waals surface area contributed by atoms with Crippen molar-refractivity contribution < 1.29 is 9.47 Å². The molecule has 118 valence electrons. The molecule has 6 nitrogen and oxygen atoms in total. The van der Waals surface area contributed by atoms with E-state index in [2.05, 4.69) is 17.2 Å². The van der Waals surface area contributed by atoms with E-state index < -0.39 is 0 Å². The molecule has 1 aliphatic rings. The average molecular weight is 302 g/mol. The molecule has 0 aliphatic carbocycles. The molecule has 0 radical (unpaired) electrons. The highest BCUT2D eigenvalue weighted by molar-refractivity contribution is 5.47. The Morgan fingerprint density at radius 2 is 2.27 bits per heavy atom. The molecule has 1 aromatic heterocycles. The van der Waals surface area contributed by atoms with Gasteiger partial charge < -0.3 is 15.2 Å². The zero-order valence-electron chi connectivity index (χ0n) is 12.9. The Kier molecular flexibility index (Phi) is 4.70. The van der Waals surface area contributed by atoms with Crippen LogP contribution in [0.15, 0.2) is 24.3 Å². The Morgan fingerprint density at radius 3 is 3.00 bits per heavy atom. The maximum absolute atomic E-state index is 5.84. The first-order valence-corrected chi connectivity index (χ1v) is 7.83. The van der Waals surface area contributed by atoms with Gasteiger partial charge in [-0.1, -0.05) is 24.3 Å². The summed E-state index contributed by atoms with van der Waals surface area (Å²) in [5.74, 6) is 0.803. The van der Waals surface area contributed by atoms with E-state index in [1.54, 1.807) is 0 Å². The van der Waals surface area contributed by atoms with E-state index >= 15 is 0 Å². The van der Waals surface area contributed by atoms with Crippen molar-refractivity contribution in [1.29, 1.82) is 0 Å². The number of hydrogen-bond acceptors (Lipinski definition) is 5. The molecule has 1 fully saturated rings. The van der Waals surface area contributed by atoms with Crippen molar-refractivity contribution in [3.63, 3.8) is 0 Å². The largest absolute Gasteiger partial charge is 0.491 e. The number of benzene rings is 1. The summed E-state index contributed by atoms with van der Waals surface area (Å²) in [5.41, 5.74) is 8.45. The molecule has 1 saturated heterocycles. The number of ether oxygens (including phenoxy) is 2. The highest BCUT2D eigenvalue weighted by Crippen LogP contribution is 2.33. The van der Waals surface area contributed by atoms with Crippen LogP contribution in [0, 0.1) is 0 Å². The average Bonchev–Trinajstić information content (AvgIpc) is 3.21. The first-order valence-electron chi connectivity index (χ1n) is 7.83. The summed E-state index contributed by atoms with van der Waals surface area (Å²) >= 11 is 0. The van der Waals surface area contributed by atoms with E-state index in [9.17, 15) is 0 Å². The van der Waals surface area contributed by atoms with Gasteiger partial charge in [0.15, 0.2) is 0 Å². The first kappa shape index (κ1) is 15.0. The molecule has 2 heterocycles. The highest BCUT2D eigenvalue weighted by atomic mass is 16.5. The van der Waals surface area contributed by atoms with Gasteiger partial charge in [-0.25, -0.2) is 4.68 Å². The van der Waals surface area contributed by atoms with Crippen LogP contribution < -0.4 is 10.5 Å². The van der Waals surface area contributed by atoms with Crippen molar-refractivity contribution in [3.8, 4) is 11.4 Å². The van der Waals surface area contributed by atoms with Gasteiger partial charge in [0.25, 0.3) is 0 Å². The predicted molar refractivity (Wildman–Crippen MR) is 83.0 cm³/mol. The monoisotopic (exact) mass is 302 g/mol. The SMILES string of the molecule is CCCOc1ccccc1-n1nnc(CN)c1C1CCCO1. The van der Waals surface area contributed by atoms with Crippen LogP contribution in [-0.2, 0) is 11.3 Å². The summed E-state index contributed by atoms with van der Waals surface area (Å²) in [7, 11) is 0. The molecule has 2 N–H and O–H groups in total. The van der Waals surface area contributed by atoms with Gasteiger partial charge in [-0.05, 0) is 31.4 Å². The van der Waals surface area contributed by atoms with E-state index in [1.165, 1.54) is 0 Å². The van der Waals surface area contributed by atoms with Crippen LogP contribution in [0.5, 0.6) is 5.75 Å². The van der Waals surface area contributed by atoms with E-state index in [4.69, 9.17) is 15.2 Å². The molecule has 2 aromatic rings. The Labute approximate surface area is 130 Å². The second kappa shape index (κ2) is 6.89. The Morgan fingerprint density at radius 1 is 1.41 bits per heavy atom. The maximum Gasteiger partial charge on any atom is 0.145 e. The van der Waals surface area contributed by atoms with Crippen LogP contribution >= 0.6 is 0 Å². The number of aromatic nitrogens is 3. The van der Waals surface area contributed by atoms with E-state index in [0.29, 0.717) is 13.2 Å². The third kappa shape index (κ3) is 2.84. The first-order chi connectivity index (χ1) is 10.8. The highest BCUT2D eigenvalue weighted by Gasteiger charge is 2.27. The zero-order chi connectivity index (χ0) is 15.4. The Hall–Kier alpha value is -1.92. The van der Waals surface area contributed by atoms with Crippen LogP contribution in [0.4, 0.5) is 0 Å². The fourth-order valence-corrected chi connectivity index (χ4v) is 2.73. The second-order valence-electron chi connectivity index (χ2n) is 5.36. The molecule has 22 heavy (non-hydrogen) atoms. The van der Waals surface area contributed by atoms with Crippen LogP contribution in [0.3, 0.4) is 0 Å². The van der Waals surface area contributed by atoms with E-state index in [-0.39, 0.29) is 6.10 Å². The molecule has 1 aliphatic heterocycles. The van der Waals surface area contributed by atoms with Crippen molar-refractivity contribution >= 4 is 0 Å². The summed E-state index contributed by atoms with van der Waals surface area (Å²) in [6.45, 7) is 3.88. The lowest BCUT2D eigenvalue weighted by Gasteiger charge is -2.16. The zero-order valence-corrected chi connectivity index (χ0v) is 12.9. The van der Waals surface area contributed by atoms with Crippen LogP contribution in [0.25, 0.3) is 5.69 Å². The molecule has 1 atom stereocenters. The number of hydrogen-bond donors (Lipinski definition) is 1. The summed E-state index contributed by atoms with van der Waals surface area (Å²) in [4.78, 5) is 0. The van der Waals surface area contributed by atoms with Crippen molar-refractivity contribution in [3.05, 3.63) is 35.7 Å². The van der Waals surface area contributed by atoms with E-state index in [1.807, 2.05) is 28.9 Å². The smallest absolute Gasteiger partial charge is 0.145 e. The number of nitrogens with two attached hydrogens (primary N) is 1. The second-order valence-corrected chi connectivity index (χ2v) is 5.36. The van der Waals surface area contributed by atoms with Crippen molar-refractivity contribution in [1.82, 2.24) is 15.0 Å². The predicted octanol–water partition coefficient (Wildman–Crippen LogP) is 2.37. The molecule has 3 rings (SSSR count). The molecule has 6 heteroatoms. The normalized spacial score (nSPS) is 17.8. The lowest BCUT2D eigenvalue weighted by Crippen LogP contribution is -2.12. The molecule has 0 spiro atoms. The third-order valence-electron chi connectivity index (χ3n) is 3.76. The van der Waals surface area contributed by atoms with Crippen molar-refractivity contribution in [2.45, 2.75) is 38.8 Å². The minimum absolute atomic E-state index is 0.00720.